The highest BCUT2D eigenvalue weighted by Crippen LogP contribution is 2.27. The molecule has 4 N–H and O–H groups in total. The van der Waals surface area contributed by atoms with Gasteiger partial charge in [0.1, 0.15) is 5.75 Å². The monoisotopic (exact) mass is 502 g/mol. The number of anilines is 1. The van der Waals surface area contributed by atoms with Crippen LogP contribution in [0.4, 0.5) is 5.69 Å². The SMILES string of the molecule is CCOc1cc(N)c(I)cc1C(=O)NCC1CN(CC2CCNCC2)CCO1. The van der Waals surface area contributed by atoms with Gasteiger partial charge in [-0.1, -0.05) is 0 Å². The van der Waals surface area contributed by atoms with Gasteiger partial charge >= 0.3 is 0 Å². The molecular weight excluding hydrogens is 471 g/mol. The van der Waals surface area contributed by atoms with Gasteiger partial charge in [-0.05, 0) is 67.4 Å². The van der Waals surface area contributed by atoms with E-state index in [9.17, 15) is 4.79 Å². The number of carbonyl (C=O) groups excluding carboxylic acids is 1. The van der Waals surface area contributed by atoms with Gasteiger partial charge in [-0.3, -0.25) is 9.69 Å². The van der Waals surface area contributed by atoms with E-state index < -0.39 is 0 Å². The number of hydrogen-bond acceptors (Lipinski definition) is 6. The molecule has 156 valence electrons. The van der Waals surface area contributed by atoms with Gasteiger partial charge in [0.25, 0.3) is 5.91 Å². The number of carbonyl (C=O) groups is 1. The van der Waals surface area contributed by atoms with Gasteiger partial charge in [0.15, 0.2) is 0 Å². The first-order valence-corrected chi connectivity index (χ1v) is 11.2. The summed E-state index contributed by atoms with van der Waals surface area (Å²) in [4.78, 5) is 15.2. The molecule has 0 bridgehead atoms. The molecular formula is C20H31IN4O3. The molecule has 1 amide bonds. The number of morpholine rings is 1. The lowest BCUT2D eigenvalue weighted by Gasteiger charge is -2.36. The van der Waals surface area contributed by atoms with E-state index >= 15 is 0 Å². The molecule has 28 heavy (non-hydrogen) atoms. The Hall–Kier alpha value is -1.10. The highest BCUT2D eigenvalue weighted by Gasteiger charge is 2.25. The third-order valence-electron chi connectivity index (χ3n) is 5.33. The van der Waals surface area contributed by atoms with Crippen molar-refractivity contribution in [1.82, 2.24) is 15.5 Å². The smallest absolute Gasteiger partial charge is 0.255 e. The number of benzene rings is 1. The number of amides is 1. The maximum Gasteiger partial charge on any atom is 0.255 e. The predicted molar refractivity (Wildman–Crippen MR) is 119 cm³/mol. The second kappa shape index (κ2) is 10.6. The van der Waals surface area contributed by atoms with Crippen molar-refractivity contribution in [3.8, 4) is 5.75 Å². The van der Waals surface area contributed by atoms with Crippen LogP contribution in [-0.4, -0.2) is 69.4 Å². The highest BCUT2D eigenvalue weighted by molar-refractivity contribution is 14.1. The predicted octanol–water partition coefficient (Wildman–Crippen LogP) is 1.70. The van der Waals surface area contributed by atoms with Crippen LogP contribution in [0.1, 0.15) is 30.1 Å². The maximum atomic E-state index is 12.7. The molecule has 8 heteroatoms. The van der Waals surface area contributed by atoms with Crippen molar-refractivity contribution in [2.45, 2.75) is 25.9 Å². The second-order valence-corrected chi connectivity index (χ2v) is 8.62. The van der Waals surface area contributed by atoms with E-state index in [1.807, 2.05) is 6.92 Å². The normalized spacial score (nSPS) is 21.4. The number of piperidine rings is 1. The maximum absolute atomic E-state index is 12.7. The lowest BCUT2D eigenvalue weighted by molar-refractivity contribution is -0.0320. The minimum Gasteiger partial charge on any atom is -0.493 e. The minimum absolute atomic E-state index is 0.0165. The van der Waals surface area contributed by atoms with Crippen molar-refractivity contribution in [3.63, 3.8) is 0 Å². The first-order valence-electron chi connectivity index (χ1n) is 10.1. The minimum atomic E-state index is -0.152. The summed E-state index contributed by atoms with van der Waals surface area (Å²) < 4.78 is 12.3. The van der Waals surface area contributed by atoms with Crippen LogP contribution in [0.25, 0.3) is 0 Å². The average Bonchev–Trinajstić information content (AvgIpc) is 2.70. The van der Waals surface area contributed by atoms with Crippen LogP contribution in [0.2, 0.25) is 0 Å². The van der Waals surface area contributed by atoms with Crippen LogP contribution in [0.15, 0.2) is 12.1 Å². The Morgan fingerprint density at radius 2 is 2.21 bits per heavy atom. The summed E-state index contributed by atoms with van der Waals surface area (Å²) in [5.41, 5.74) is 7.09. The van der Waals surface area contributed by atoms with Gasteiger partial charge in [-0.25, -0.2) is 0 Å². The number of nitrogens with two attached hydrogens (primary N) is 1. The standard InChI is InChI=1S/C20H31IN4O3/c1-2-27-19-10-18(22)17(21)9-16(19)20(26)24-11-15-13-25(7-8-28-15)12-14-3-5-23-6-4-14/h9-10,14-15,23H,2-8,11-13,22H2,1H3,(H,24,26). The van der Waals surface area contributed by atoms with Crippen LogP contribution in [-0.2, 0) is 4.74 Å². The highest BCUT2D eigenvalue weighted by atomic mass is 127. The van der Waals surface area contributed by atoms with E-state index in [0.717, 1.165) is 48.8 Å². The summed E-state index contributed by atoms with van der Waals surface area (Å²) in [6, 6.07) is 3.50. The van der Waals surface area contributed by atoms with Gasteiger partial charge in [-0.2, -0.15) is 0 Å². The summed E-state index contributed by atoms with van der Waals surface area (Å²) in [7, 11) is 0. The Balaban J connectivity index is 1.53. The molecule has 7 nitrogen and oxygen atoms in total. The summed E-state index contributed by atoms with van der Waals surface area (Å²) in [6.07, 6.45) is 2.51. The lowest BCUT2D eigenvalue weighted by Crippen LogP contribution is -2.49. The number of halogens is 1. The molecule has 1 atom stereocenters. The molecule has 0 aromatic heterocycles. The molecule has 0 aliphatic carbocycles. The Morgan fingerprint density at radius 1 is 1.43 bits per heavy atom. The fourth-order valence-corrected chi connectivity index (χ4v) is 4.29. The van der Waals surface area contributed by atoms with Crippen LogP contribution >= 0.6 is 22.6 Å². The first kappa shape index (κ1) is 21.6. The zero-order chi connectivity index (χ0) is 19.9. The quantitative estimate of drug-likeness (QED) is 0.389. The number of rotatable bonds is 7. The van der Waals surface area contributed by atoms with Gasteiger partial charge in [0.2, 0.25) is 0 Å². The molecule has 2 aliphatic heterocycles. The molecule has 1 aromatic carbocycles. The third kappa shape index (κ3) is 5.95. The lowest BCUT2D eigenvalue weighted by atomic mass is 9.97. The molecule has 2 fully saturated rings. The van der Waals surface area contributed by atoms with Gasteiger partial charge in [0.05, 0.1) is 24.9 Å². The number of ether oxygens (including phenoxy) is 2. The number of nitrogens with one attached hydrogen (secondary N) is 2. The van der Waals surface area contributed by atoms with Gasteiger partial charge in [-0.15, -0.1) is 0 Å². The van der Waals surface area contributed by atoms with Crippen LogP contribution in [0.3, 0.4) is 0 Å². The van der Waals surface area contributed by atoms with Crippen molar-refractivity contribution in [3.05, 3.63) is 21.3 Å². The molecule has 2 saturated heterocycles. The van der Waals surface area contributed by atoms with E-state index in [1.54, 1.807) is 12.1 Å². The van der Waals surface area contributed by atoms with E-state index in [-0.39, 0.29) is 12.0 Å². The average molecular weight is 502 g/mol. The summed E-state index contributed by atoms with van der Waals surface area (Å²) in [6.45, 7) is 8.79. The number of hydrogen-bond donors (Lipinski definition) is 3. The Morgan fingerprint density at radius 3 is 2.96 bits per heavy atom. The summed E-state index contributed by atoms with van der Waals surface area (Å²) in [5.74, 6) is 1.13. The third-order valence-corrected chi connectivity index (χ3v) is 6.27. The molecule has 2 heterocycles. The fraction of sp³-hybridized carbons (Fsp3) is 0.650. The molecule has 3 rings (SSSR count). The van der Waals surface area contributed by atoms with Crippen LogP contribution in [0, 0.1) is 9.49 Å². The van der Waals surface area contributed by atoms with Crippen LogP contribution in [0.5, 0.6) is 5.75 Å². The molecule has 2 aliphatic rings. The van der Waals surface area contributed by atoms with Crippen LogP contribution < -0.4 is 21.1 Å². The first-order chi connectivity index (χ1) is 13.6. The Kier molecular flexibility index (Phi) is 8.19. The largest absolute Gasteiger partial charge is 0.493 e. The van der Waals surface area contributed by atoms with Crippen molar-refractivity contribution < 1.29 is 14.3 Å². The van der Waals surface area contributed by atoms with Gasteiger partial charge < -0.3 is 25.8 Å². The molecule has 0 spiro atoms. The fourth-order valence-electron chi connectivity index (χ4n) is 3.82. The van der Waals surface area contributed by atoms with Crippen molar-refractivity contribution in [2.75, 3.05) is 58.2 Å². The van der Waals surface area contributed by atoms with E-state index in [1.165, 1.54) is 12.8 Å². The van der Waals surface area contributed by atoms with E-state index in [4.69, 9.17) is 15.2 Å². The van der Waals surface area contributed by atoms with E-state index in [0.29, 0.717) is 30.2 Å². The summed E-state index contributed by atoms with van der Waals surface area (Å²) >= 11 is 2.13. The zero-order valence-corrected chi connectivity index (χ0v) is 18.7. The topological polar surface area (TPSA) is 88.8 Å². The molecule has 1 aromatic rings. The van der Waals surface area contributed by atoms with Crippen molar-refractivity contribution >= 4 is 34.2 Å². The van der Waals surface area contributed by atoms with Crippen molar-refractivity contribution in [2.24, 2.45) is 5.92 Å². The Labute approximate surface area is 180 Å². The number of nitrogen functional groups attached to an aromatic ring is 1. The summed E-state index contributed by atoms with van der Waals surface area (Å²) in [5, 5.41) is 6.43. The second-order valence-electron chi connectivity index (χ2n) is 7.46. The molecule has 1 unspecified atom stereocenters. The van der Waals surface area contributed by atoms with Crippen molar-refractivity contribution in [1.29, 1.82) is 0 Å². The Bertz CT molecular complexity index is 667. The van der Waals surface area contributed by atoms with E-state index in [2.05, 4.69) is 38.1 Å². The zero-order valence-electron chi connectivity index (χ0n) is 16.5. The number of nitrogens with zero attached hydrogens (tertiary/aromatic N) is 1. The van der Waals surface area contributed by atoms with Gasteiger partial charge in [0, 0.05) is 41.5 Å². The molecule has 0 radical (unpaired) electrons. The molecule has 0 saturated carbocycles.